The first-order valence-corrected chi connectivity index (χ1v) is 7.32. The van der Waals surface area contributed by atoms with Crippen LogP contribution in [0.3, 0.4) is 0 Å². The van der Waals surface area contributed by atoms with Crippen LogP contribution in [0.15, 0.2) is 24.3 Å². The summed E-state index contributed by atoms with van der Waals surface area (Å²) in [7, 11) is 3.01. The summed E-state index contributed by atoms with van der Waals surface area (Å²) < 4.78 is 10.6. The molecule has 0 spiro atoms. The number of hydrogen-bond acceptors (Lipinski definition) is 5. The number of carbonyl (C=O) groups excluding carboxylic acids is 1. The normalized spacial score (nSPS) is 11.2. The van der Waals surface area contributed by atoms with Gasteiger partial charge in [0.05, 0.1) is 12.7 Å². The largest absolute Gasteiger partial charge is 0.494 e. The quantitative estimate of drug-likeness (QED) is 0.927. The minimum atomic E-state index is -1.06. The van der Waals surface area contributed by atoms with Crippen molar-refractivity contribution < 1.29 is 24.2 Å². The highest BCUT2D eigenvalue weighted by atomic mass is 16.6. The van der Waals surface area contributed by atoms with Crippen LogP contribution in [0, 0.1) is 0 Å². The summed E-state index contributed by atoms with van der Waals surface area (Å²) in [6, 6.07) is 6.17. The maximum absolute atomic E-state index is 12.2. The maximum Gasteiger partial charge on any atom is 0.415 e. The third-order valence-electron chi connectivity index (χ3n) is 3.27. The standard InChI is InChI=1S/C17H20N2O5/c1-17(2,3)24-16(22)19(4)13-9-7-10-11(15(20)21)6-8-12(23-5)14(10)18-13/h6-9H,1-5H3,(H,20,21). The molecule has 1 N–H and O–H groups in total. The summed E-state index contributed by atoms with van der Waals surface area (Å²) in [6.07, 6.45) is -0.553. The highest BCUT2D eigenvalue weighted by Gasteiger charge is 2.22. The zero-order valence-corrected chi connectivity index (χ0v) is 14.3. The number of hydrogen-bond donors (Lipinski definition) is 1. The lowest BCUT2D eigenvalue weighted by Gasteiger charge is -2.24. The van der Waals surface area contributed by atoms with E-state index in [-0.39, 0.29) is 5.56 Å². The molecule has 0 aliphatic carbocycles. The van der Waals surface area contributed by atoms with Gasteiger partial charge in [0.25, 0.3) is 0 Å². The number of fused-ring (bicyclic) bond motifs is 1. The number of carboxylic acids is 1. The number of methoxy groups -OCH3 is 1. The summed E-state index contributed by atoms with van der Waals surface area (Å²) in [5.41, 5.74) is -0.147. The van der Waals surface area contributed by atoms with Gasteiger partial charge >= 0.3 is 12.1 Å². The number of rotatable bonds is 3. The lowest BCUT2D eigenvalue weighted by Crippen LogP contribution is -2.34. The van der Waals surface area contributed by atoms with Crippen molar-refractivity contribution in [1.29, 1.82) is 0 Å². The molecule has 24 heavy (non-hydrogen) atoms. The number of aromatic carboxylic acids is 1. The first kappa shape index (κ1) is 17.5. The Labute approximate surface area is 139 Å². The van der Waals surface area contributed by atoms with Crippen molar-refractivity contribution in [3.8, 4) is 5.75 Å². The van der Waals surface area contributed by atoms with E-state index in [1.807, 2.05) is 0 Å². The summed E-state index contributed by atoms with van der Waals surface area (Å²) in [5, 5.41) is 9.72. The van der Waals surface area contributed by atoms with Crippen LogP contribution >= 0.6 is 0 Å². The molecule has 1 amide bonds. The predicted octanol–water partition coefficient (Wildman–Crippen LogP) is 3.31. The average molecular weight is 332 g/mol. The van der Waals surface area contributed by atoms with E-state index in [0.717, 1.165) is 0 Å². The number of anilines is 1. The topological polar surface area (TPSA) is 89.0 Å². The maximum atomic E-state index is 12.2. The molecule has 0 unspecified atom stereocenters. The number of nitrogens with zero attached hydrogens (tertiary/aromatic N) is 2. The molecule has 1 aromatic heterocycles. The number of benzene rings is 1. The Bertz CT molecular complexity index is 795. The fraction of sp³-hybridized carbons (Fsp3) is 0.353. The van der Waals surface area contributed by atoms with Gasteiger partial charge in [0.15, 0.2) is 0 Å². The van der Waals surface area contributed by atoms with Crippen molar-refractivity contribution in [2.24, 2.45) is 0 Å². The second-order valence-electron chi connectivity index (χ2n) is 6.23. The smallest absolute Gasteiger partial charge is 0.415 e. The summed E-state index contributed by atoms with van der Waals surface area (Å²) in [4.78, 5) is 29.1. The minimum absolute atomic E-state index is 0.116. The molecule has 1 aromatic carbocycles. The third-order valence-corrected chi connectivity index (χ3v) is 3.27. The molecule has 0 atom stereocenters. The van der Waals surface area contributed by atoms with Gasteiger partial charge in [-0.05, 0) is 45.0 Å². The fourth-order valence-electron chi connectivity index (χ4n) is 2.14. The van der Waals surface area contributed by atoms with Gasteiger partial charge in [0, 0.05) is 12.4 Å². The van der Waals surface area contributed by atoms with Gasteiger partial charge in [-0.15, -0.1) is 0 Å². The van der Waals surface area contributed by atoms with E-state index in [9.17, 15) is 14.7 Å². The van der Waals surface area contributed by atoms with Crippen LogP contribution in [0.4, 0.5) is 10.6 Å². The molecule has 0 aliphatic rings. The van der Waals surface area contributed by atoms with Gasteiger partial charge < -0.3 is 14.6 Å². The zero-order chi connectivity index (χ0) is 18.1. The van der Waals surface area contributed by atoms with Gasteiger partial charge in [0.1, 0.15) is 22.7 Å². The molecule has 1 heterocycles. The summed E-state index contributed by atoms with van der Waals surface area (Å²) in [5.74, 6) is -0.301. The number of aromatic nitrogens is 1. The van der Waals surface area contributed by atoms with E-state index >= 15 is 0 Å². The van der Waals surface area contributed by atoms with Crippen molar-refractivity contribution >= 4 is 28.8 Å². The number of ether oxygens (including phenoxy) is 2. The predicted molar refractivity (Wildman–Crippen MR) is 89.9 cm³/mol. The molecule has 7 heteroatoms. The molecule has 2 aromatic rings. The molecule has 0 bridgehead atoms. The van der Waals surface area contributed by atoms with Crippen molar-refractivity contribution in [3.63, 3.8) is 0 Å². The van der Waals surface area contributed by atoms with Crippen molar-refractivity contribution in [1.82, 2.24) is 4.98 Å². The van der Waals surface area contributed by atoms with Crippen LogP contribution in [0.5, 0.6) is 5.75 Å². The molecule has 128 valence electrons. The average Bonchev–Trinajstić information content (AvgIpc) is 2.50. The summed E-state index contributed by atoms with van der Waals surface area (Å²) in [6.45, 7) is 5.32. The van der Waals surface area contributed by atoms with Crippen molar-refractivity contribution in [3.05, 3.63) is 29.8 Å². The van der Waals surface area contributed by atoms with Gasteiger partial charge in [-0.3, -0.25) is 4.90 Å². The third kappa shape index (κ3) is 3.56. The Kier molecular flexibility index (Phi) is 4.64. The Balaban J connectivity index is 2.50. The van der Waals surface area contributed by atoms with Crippen molar-refractivity contribution in [2.45, 2.75) is 26.4 Å². The van der Waals surface area contributed by atoms with E-state index in [2.05, 4.69) is 4.98 Å². The highest BCUT2D eigenvalue weighted by molar-refractivity contribution is 6.05. The van der Waals surface area contributed by atoms with Crippen LogP contribution < -0.4 is 9.64 Å². The van der Waals surface area contributed by atoms with E-state index < -0.39 is 17.7 Å². The lowest BCUT2D eigenvalue weighted by atomic mass is 10.1. The Hall–Kier alpha value is -2.83. The first-order chi connectivity index (χ1) is 11.1. The number of carbonyl (C=O) groups is 2. The molecule has 0 aliphatic heterocycles. The molecule has 0 fully saturated rings. The number of amides is 1. The van der Waals surface area contributed by atoms with Crippen LogP contribution in [0.1, 0.15) is 31.1 Å². The second kappa shape index (κ2) is 6.35. The van der Waals surface area contributed by atoms with Crippen molar-refractivity contribution in [2.75, 3.05) is 19.1 Å². The lowest BCUT2D eigenvalue weighted by molar-refractivity contribution is 0.0587. The zero-order valence-electron chi connectivity index (χ0n) is 14.3. The van der Waals surface area contributed by atoms with E-state index in [1.54, 1.807) is 32.9 Å². The van der Waals surface area contributed by atoms with Crippen LogP contribution in [-0.2, 0) is 4.74 Å². The molecule has 2 rings (SSSR count). The second-order valence-corrected chi connectivity index (χ2v) is 6.23. The Morgan fingerprint density at radius 1 is 1.17 bits per heavy atom. The summed E-state index contributed by atoms with van der Waals surface area (Å²) >= 11 is 0. The molecule has 0 saturated heterocycles. The van der Waals surface area contributed by atoms with Gasteiger partial charge in [-0.25, -0.2) is 14.6 Å². The SMILES string of the molecule is COc1ccc(C(=O)O)c2ccc(N(C)C(=O)OC(C)(C)C)nc12. The van der Waals surface area contributed by atoms with Crippen LogP contribution in [0.2, 0.25) is 0 Å². The van der Waals surface area contributed by atoms with Crippen LogP contribution in [0.25, 0.3) is 10.9 Å². The molecule has 0 saturated carbocycles. The van der Waals surface area contributed by atoms with Gasteiger partial charge in [-0.1, -0.05) is 0 Å². The van der Waals surface area contributed by atoms with E-state index in [0.29, 0.717) is 22.5 Å². The number of pyridine rings is 1. The minimum Gasteiger partial charge on any atom is -0.494 e. The highest BCUT2D eigenvalue weighted by Crippen LogP contribution is 2.29. The van der Waals surface area contributed by atoms with Gasteiger partial charge in [-0.2, -0.15) is 0 Å². The van der Waals surface area contributed by atoms with E-state index in [1.165, 1.54) is 31.2 Å². The molecule has 0 radical (unpaired) electrons. The Morgan fingerprint density at radius 2 is 1.83 bits per heavy atom. The monoisotopic (exact) mass is 332 g/mol. The van der Waals surface area contributed by atoms with Gasteiger partial charge in [0.2, 0.25) is 0 Å². The number of carboxylic acid groups (broad SMARTS) is 1. The van der Waals surface area contributed by atoms with E-state index in [4.69, 9.17) is 9.47 Å². The van der Waals surface area contributed by atoms with Crippen LogP contribution in [-0.4, -0.2) is 41.9 Å². The first-order valence-electron chi connectivity index (χ1n) is 7.32. The molecule has 7 nitrogen and oxygen atoms in total. The molecular formula is C17H20N2O5. The molecular weight excluding hydrogens is 312 g/mol. The Morgan fingerprint density at radius 3 is 2.38 bits per heavy atom. The fourth-order valence-corrected chi connectivity index (χ4v) is 2.14.